The molecule has 1 aromatic heterocycles. The summed E-state index contributed by atoms with van der Waals surface area (Å²) in [7, 11) is -1.97. The second-order valence-corrected chi connectivity index (χ2v) is 10.3. The van der Waals surface area contributed by atoms with Crippen LogP contribution in [0.25, 0.3) is 0 Å². The largest absolute Gasteiger partial charge is 0.497 e. The lowest BCUT2D eigenvalue weighted by Gasteiger charge is -2.34. The first kappa shape index (κ1) is 23.2. The van der Waals surface area contributed by atoms with E-state index in [1.165, 1.54) is 15.6 Å². The number of sulfonamides is 1. The van der Waals surface area contributed by atoms with Crippen LogP contribution in [0.1, 0.15) is 31.2 Å². The van der Waals surface area contributed by atoms with Crippen molar-refractivity contribution in [3.8, 4) is 5.75 Å². The molecule has 2 aromatic rings. The van der Waals surface area contributed by atoms with Crippen LogP contribution >= 0.6 is 11.3 Å². The monoisotopic (exact) mass is 465 g/mol. The van der Waals surface area contributed by atoms with E-state index in [2.05, 4.69) is 10.6 Å². The Morgan fingerprint density at radius 2 is 1.97 bits per heavy atom. The smallest absolute Gasteiger partial charge is 0.309 e. The van der Waals surface area contributed by atoms with E-state index in [9.17, 15) is 18.0 Å². The summed E-state index contributed by atoms with van der Waals surface area (Å²) in [5.74, 6) is -0.786. The van der Waals surface area contributed by atoms with E-state index in [1.54, 1.807) is 42.8 Å². The lowest BCUT2D eigenvalue weighted by molar-refractivity contribution is -0.139. The van der Waals surface area contributed by atoms with Crippen LogP contribution in [0.3, 0.4) is 0 Å². The highest BCUT2D eigenvalue weighted by atomic mass is 32.2. The molecule has 3 rings (SSSR count). The van der Waals surface area contributed by atoms with Crippen molar-refractivity contribution < 1.29 is 22.7 Å². The topological polar surface area (TPSA) is 105 Å². The highest BCUT2D eigenvalue weighted by Gasteiger charge is 2.33. The van der Waals surface area contributed by atoms with Gasteiger partial charge in [-0.15, -0.1) is 11.3 Å². The number of nitrogens with zero attached hydrogens (tertiary/aromatic N) is 1. The molecule has 8 nitrogen and oxygen atoms in total. The molecule has 2 amide bonds. The van der Waals surface area contributed by atoms with Gasteiger partial charge in [-0.1, -0.05) is 24.6 Å². The summed E-state index contributed by atoms with van der Waals surface area (Å²) in [6.45, 7) is 0.908. The van der Waals surface area contributed by atoms with Gasteiger partial charge in [-0.05, 0) is 48.4 Å². The highest BCUT2D eigenvalue weighted by Crippen LogP contribution is 2.29. The van der Waals surface area contributed by atoms with Crippen molar-refractivity contribution in [2.24, 2.45) is 0 Å². The van der Waals surface area contributed by atoms with E-state index in [4.69, 9.17) is 4.74 Å². The van der Waals surface area contributed by atoms with Gasteiger partial charge < -0.3 is 15.4 Å². The van der Waals surface area contributed by atoms with Crippen LogP contribution < -0.4 is 15.4 Å². The highest BCUT2D eigenvalue weighted by molar-refractivity contribution is 7.91. The molecule has 1 aromatic carbocycles. The molecule has 0 saturated carbocycles. The Labute approximate surface area is 186 Å². The first-order valence-electron chi connectivity index (χ1n) is 10.2. The number of hydrogen-bond donors (Lipinski definition) is 2. The van der Waals surface area contributed by atoms with Crippen LogP contribution in [-0.2, 0) is 26.2 Å². The zero-order chi connectivity index (χ0) is 22.3. The maximum Gasteiger partial charge on any atom is 0.309 e. The zero-order valence-corrected chi connectivity index (χ0v) is 19.0. The number of amides is 2. The minimum atomic E-state index is -3.53. The van der Waals surface area contributed by atoms with Crippen molar-refractivity contribution in [1.82, 2.24) is 14.9 Å². The van der Waals surface area contributed by atoms with Crippen LogP contribution in [0.15, 0.2) is 46.0 Å². The van der Waals surface area contributed by atoms with E-state index in [0.29, 0.717) is 22.9 Å². The maximum atomic E-state index is 12.9. The standard InChI is InChI=1S/C21H27N3O5S2/c1-29-18-8-4-6-16(14-18)15-23-21(26)20(25)22-11-10-17-7-2-3-12-24(17)31(27,28)19-9-5-13-30-19/h4-6,8-9,13-14,17H,2-3,7,10-12,15H2,1H3,(H,22,25)(H,23,26)/t17-/m1/s1. The fraction of sp³-hybridized carbons (Fsp3) is 0.429. The molecule has 10 heteroatoms. The predicted octanol–water partition coefficient (Wildman–Crippen LogP) is 2.12. The second-order valence-electron chi connectivity index (χ2n) is 7.28. The molecular formula is C21H27N3O5S2. The third-order valence-electron chi connectivity index (χ3n) is 5.19. The molecule has 1 aliphatic rings. The molecule has 2 heterocycles. The minimum Gasteiger partial charge on any atom is -0.497 e. The number of methoxy groups -OCH3 is 1. The molecule has 1 fully saturated rings. The summed E-state index contributed by atoms with van der Waals surface area (Å²) < 4.78 is 32.8. The number of piperidine rings is 1. The first-order chi connectivity index (χ1) is 14.9. The molecule has 1 aliphatic heterocycles. The van der Waals surface area contributed by atoms with Crippen LogP contribution in [0.4, 0.5) is 0 Å². The van der Waals surface area contributed by atoms with Gasteiger partial charge in [-0.25, -0.2) is 8.42 Å². The summed E-state index contributed by atoms with van der Waals surface area (Å²) in [6.07, 6.45) is 2.96. The molecule has 31 heavy (non-hydrogen) atoms. The Bertz CT molecular complexity index is 992. The number of ether oxygens (including phenoxy) is 1. The van der Waals surface area contributed by atoms with E-state index >= 15 is 0 Å². The summed E-state index contributed by atoms with van der Waals surface area (Å²) in [5.41, 5.74) is 0.817. The van der Waals surface area contributed by atoms with E-state index in [-0.39, 0.29) is 19.1 Å². The molecule has 0 bridgehead atoms. The Morgan fingerprint density at radius 3 is 2.71 bits per heavy atom. The molecular weight excluding hydrogens is 438 g/mol. The quantitative estimate of drug-likeness (QED) is 0.581. The van der Waals surface area contributed by atoms with Gasteiger partial charge in [0, 0.05) is 25.7 Å². The third kappa shape index (κ3) is 6.05. The Hall–Kier alpha value is -2.43. The van der Waals surface area contributed by atoms with Crippen molar-refractivity contribution >= 4 is 33.2 Å². The summed E-state index contributed by atoms with van der Waals surface area (Å²) in [5, 5.41) is 6.93. The number of nitrogens with one attached hydrogen (secondary N) is 2. The average molecular weight is 466 g/mol. The van der Waals surface area contributed by atoms with Gasteiger partial charge in [0.05, 0.1) is 7.11 Å². The van der Waals surface area contributed by atoms with Crippen molar-refractivity contribution in [3.63, 3.8) is 0 Å². The van der Waals surface area contributed by atoms with E-state index < -0.39 is 21.8 Å². The number of benzene rings is 1. The van der Waals surface area contributed by atoms with Gasteiger partial charge in [0.2, 0.25) is 0 Å². The van der Waals surface area contributed by atoms with Crippen molar-refractivity contribution in [3.05, 3.63) is 47.3 Å². The molecule has 168 valence electrons. The minimum absolute atomic E-state index is 0.194. The van der Waals surface area contributed by atoms with Crippen molar-refractivity contribution in [2.75, 3.05) is 20.2 Å². The molecule has 0 radical (unpaired) electrons. The Morgan fingerprint density at radius 1 is 1.16 bits per heavy atom. The Kier molecular flexibility index (Phi) is 8.05. The van der Waals surface area contributed by atoms with Gasteiger partial charge in [-0.2, -0.15) is 4.31 Å². The van der Waals surface area contributed by atoms with Gasteiger partial charge >= 0.3 is 11.8 Å². The van der Waals surface area contributed by atoms with Crippen LogP contribution in [0.2, 0.25) is 0 Å². The number of hydrogen-bond acceptors (Lipinski definition) is 6. The van der Waals surface area contributed by atoms with Gasteiger partial charge in [0.15, 0.2) is 0 Å². The van der Waals surface area contributed by atoms with Gasteiger partial charge in [-0.3, -0.25) is 9.59 Å². The lowest BCUT2D eigenvalue weighted by Crippen LogP contribution is -2.46. The fourth-order valence-corrected chi connectivity index (χ4v) is 6.43. The number of rotatable bonds is 8. The van der Waals surface area contributed by atoms with E-state index in [0.717, 1.165) is 24.8 Å². The first-order valence-corrected chi connectivity index (χ1v) is 12.5. The number of thiophene rings is 1. The summed E-state index contributed by atoms with van der Waals surface area (Å²) >= 11 is 1.20. The summed E-state index contributed by atoms with van der Waals surface area (Å²) in [6, 6.07) is 10.4. The van der Waals surface area contributed by atoms with Crippen LogP contribution in [0, 0.1) is 0 Å². The van der Waals surface area contributed by atoms with Gasteiger partial charge in [0.25, 0.3) is 10.0 Å². The molecule has 0 unspecified atom stereocenters. The van der Waals surface area contributed by atoms with Gasteiger partial charge in [0.1, 0.15) is 9.96 Å². The fourth-order valence-electron chi connectivity index (χ4n) is 3.58. The third-order valence-corrected chi connectivity index (χ3v) is 8.51. The normalized spacial score (nSPS) is 17.1. The number of carbonyl (C=O) groups excluding carboxylic acids is 2. The second kappa shape index (κ2) is 10.7. The average Bonchev–Trinajstić information content (AvgIpc) is 3.34. The molecule has 0 spiro atoms. The number of carbonyl (C=O) groups is 2. The van der Waals surface area contributed by atoms with Crippen molar-refractivity contribution in [1.29, 1.82) is 0 Å². The van der Waals surface area contributed by atoms with E-state index in [1.807, 2.05) is 6.07 Å². The Balaban J connectivity index is 1.48. The molecule has 1 saturated heterocycles. The van der Waals surface area contributed by atoms with Crippen LogP contribution in [-0.4, -0.2) is 50.8 Å². The molecule has 1 atom stereocenters. The predicted molar refractivity (Wildman–Crippen MR) is 118 cm³/mol. The molecule has 2 N–H and O–H groups in total. The lowest BCUT2D eigenvalue weighted by atomic mass is 10.0. The SMILES string of the molecule is COc1cccc(CNC(=O)C(=O)NCC[C@H]2CCCCN2S(=O)(=O)c2cccs2)c1. The van der Waals surface area contributed by atoms with Crippen molar-refractivity contribution in [2.45, 2.75) is 42.5 Å². The zero-order valence-electron chi connectivity index (χ0n) is 17.4. The molecule has 0 aliphatic carbocycles. The maximum absolute atomic E-state index is 12.9. The summed E-state index contributed by atoms with van der Waals surface area (Å²) in [4.78, 5) is 24.2. The van der Waals surface area contributed by atoms with Crippen LogP contribution in [0.5, 0.6) is 5.75 Å².